The van der Waals surface area contributed by atoms with Crippen LogP contribution in [0, 0.1) is 6.92 Å². The molecule has 0 spiro atoms. The Hall–Kier alpha value is -1.69. The Morgan fingerprint density at radius 1 is 1.33 bits per heavy atom. The van der Waals surface area contributed by atoms with Gasteiger partial charge in [-0.1, -0.05) is 11.6 Å². The first-order valence-electron chi connectivity index (χ1n) is 5.51. The second-order valence-corrected chi connectivity index (χ2v) is 6.65. The van der Waals surface area contributed by atoms with Crippen LogP contribution in [0.5, 0.6) is 0 Å². The van der Waals surface area contributed by atoms with Gasteiger partial charge in [-0.3, -0.25) is 4.79 Å². The molecule has 96 valence electrons. The Kier molecular flexibility index (Phi) is 3.21. The Bertz CT molecular complexity index is 747. The largest absolute Gasteiger partial charge is 0.274 e. The number of sulfone groups is 1. The predicted octanol–water partition coefficient (Wildman–Crippen LogP) is 0.750. The van der Waals surface area contributed by atoms with Crippen molar-refractivity contribution in [1.29, 1.82) is 0 Å². The van der Waals surface area contributed by atoms with E-state index in [0.29, 0.717) is 5.39 Å². The van der Waals surface area contributed by atoms with Crippen LogP contribution in [0.2, 0.25) is 0 Å². The summed E-state index contributed by atoms with van der Waals surface area (Å²) in [5, 5.41) is 5.32. The number of rotatable bonds is 3. The summed E-state index contributed by atoms with van der Waals surface area (Å²) in [6.45, 7) is 2.02. The van der Waals surface area contributed by atoms with E-state index in [2.05, 4.69) is 5.10 Å². The third-order valence-corrected chi connectivity index (χ3v) is 3.61. The molecule has 2 aromatic rings. The number of benzene rings is 1. The van der Waals surface area contributed by atoms with Crippen molar-refractivity contribution in [2.24, 2.45) is 0 Å². The molecule has 0 unspecified atom stereocenters. The minimum atomic E-state index is -3.10. The van der Waals surface area contributed by atoms with E-state index in [1.165, 1.54) is 4.68 Å². The van der Waals surface area contributed by atoms with Crippen molar-refractivity contribution in [3.8, 4) is 0 Å². The first-order valence-corrected chi connectivity index (χ1v) is 7.57. The van der Waals surface area contributed by atoms with Crippen LogP contribution in [0.25, 0.3) is 10.8 Å². The highest BCUT2D eigenvalue weighted by Crippen LogP contribution is 2.10. The molecule has 1 aromatic carbocycles. The van der Waals surface area contributed by atoms with Gasteiger partial charge in [0.1, 0.15) is 9.84 Å². The van der Waals surface area contributed by atoms with Crippen LogP contribution in [-0.4, -0.2) is 30.2 Å². The predicted molar refractivity (Wildman–Crippen MR) is 70.5 cm³/mol. The van der Waals surface area contributed by atoms with Crippen LogP contribution in [0.3, 0.4) is 0 Å². The second-order valence-electron chi connectivity index (χ2n) is 4.39. The quantitative estimate of drug-likeness (QED) is 0.822. The number of nitrogens with zero attached hydrogens (tertiary/aromatic N) is 2. The van der Waals surface area contributed by atoms with E-state index in [0.717, 1.165) is 17.2 Å². The molecular weight excluding hydrogens is 252 g/mol. The van der Waals surface area contributed by atoms with E-state index >= 15 is 0 Å². The Morgan fingerprint density at radius 2 is 2.06 bits per heavy atom. The van der Waals surface area contributed by atoms with E-state index in [4.69, 9.17) is 0 Å². The fourth-order valence-corrected chi connectivity index (χ4v) is 2.22. The average molecular weight is 266 g/mol. The first-order chi connectivity index (χ1) is 8.37. The van der Waals surface area contributed by atoms with Gasteiger partial charge >= 0.3 is 0 Å². The van der Waals surface area contributed by atoms with E-state index < -0.39 is 9.84 Å². The third-order valence-electron chi connectivity index (χ3n) is 2.68. The maximum Gasteiger partial charge on any atom is 0.274 e. The molecule has 0 saturated carbocycles. The topological polar surface area (TPSA) is 69.0 Å². The monoisotopic (exact) mass is 266 g/mol. The molecule has 0 aliphatic carbocycles. The van der Waals surface area contributed by atoms with Gasteiger partial charge in [-0.25, -0.2) is 13.1 Å². The Morgan fingerprint density at radius 3 is 2.72 bits per heavy atom. The highest BCUT2D eigenvalue weighted by Gasteiger charge is 2.07. The number of hydrogen-bond acceptors (Lipinski definition) is 4. The van der Waals surface area contributed by atoms with Crippen LogP contribution < -0.4 is 5.56 Å². The van der Waals surface area contributed by atoms with Gasteiger partial charge < -0.3 is 0 Å². The highest BCUT2D eigenvalue weighted by atomic mass is 32.2. The lowest BCUT2D eigenvalue weighted by Gasteiger charge is -2.05. The Balaban J connectivity index is 2.46. The molecule has 0 aliphatic rings. The van der Waals surface area contributed by atoms with E-state index in [1.807, 2.05) is 19.1 Å². The van der Waals surface area contributed by atoms with Gasteiger partial charge in [-0.15, -0.1) is 0 Å². The molecule has 2 rings (SSSR count). The molecular formula is C12H14N2O3S. The molecule has 0 saturated heterocycles. The summed E-state index contributed by atoms with van der Waals surface area (Å²) in [5.74, 6) is -0.0860. The zero-order chi connectivity index (χ0) is 13.3. The van der Waals surface area contributed by atoms with E-state index in [1.54, 1.807) is 12.3 Å². The molecule has 0 bridgehead atoms. The summed E-state index contributed by atoms with van der Waals surface area (Å²) in [6.07, 6.45) is 2.73. The van der Waals surface area contributed by atoms with Crippen molar-refractivity contribution in [2.75, 3.05) is 12.0 Å². The minimum Gasteiger partial charge on any atom is -0.267 e. The lowest BCUT2D eigenvalue weighted by Crippen LogP contribution is -2.26. The molecule has 0 N–H and O–H groups in total. The van der Waals surface area contributed by atoms with Crippen LogP contribution in [0.15, 0.2) is 29.2 Å². The molecule has 5 nitrogen and oxygen atoms in total. The van der Waals surface area contributed by atoms with Crippen LogP contribution in [0.1, 0.15) is 5.56 Å². The van der Waals surface area contributed by atoms with E-state index in [9.17, 15) is 13.2 Å². The zero-order valence-corrected chi connectivity index (χ0v) is 11.1. The van der Waals surface area contributed by atoms with Crippen LogP contribution in [0.4, 0.5) is 0 Å². The van der Waals surface area contributed by atoms with Crippen molar-refractivity contribution in [1.82, 2.24) is 9.78 Å². The molecule has 1 aromatic heterocycles. The van der Waals surface area contributed by atoms with Crippen LogP contribution in [-0.2, 0) is 16.4 Å². The summed E-state index contributed by atoms with van der Waals surface area (Å²) >= 11 is 0. The van der Waals surface area contributed by atoms with Crippen molar-refractivity contribution < 1.29 is 8.42 Å². The number of aromatic nitrogens is 2. The average Bonchev–Trinajstić information content (AvgIpc) is 2.26. The third kappa shape index (κ3) is 2.76. The van der Waals surface area contributed by atoms with Crippen molar-refractivity contribution in [3.63, 3.8) is 0 Å². The number of aryl methyl sites for hydroxylation is 2. The maximum atomic E-state index is 12.1. The Labute approximate surface area is 105 Å². The molecule has 6 heteroatoms. The summed E-state index contributed by atoms with van der Waals surface area (Å²) in [7, 11) is -3.10. The summed E-state index contributed by atoms with van der Waals surface area (Å²) in [4.78, 5) is 12.1. The lowest BCUT2D eigenvalue weighted by atomic mass is 10.1. The minimum absolute atomic E-state index is 0.0848. The van der Waals surface area contributed by atoms with Gasteiger partial charge in [0.2, 0.25) is 0 Å². The van der Waals surface area contributed by atoms with Gasteiger partial charge in [0, 0.05) is 11.6 Å². The van der Waals surface area contributed by atoms with Gasteiger partial charge in [-0.2, -0.15) is 5.10 Å². The van der Waals surface area contributed by atoms with Crippen molar-refractivity contribution >= 4 is 20.6 Å². The SMILES string of the molecule is Cc1ccc2c(=O)n(CCS(C)(=O)=O)ncc2c1. The molecule has 0 atom stereocenters. The number of hydrogen-bond donors (Lipinski definition) is 0. The normalized spacial score (nSPS) is 11.9. The zero-order valence-electron chi connectivity index (χ0n) is 10.3. The maximum absolute atomic E-state index is 12.1. The summed E-state index contributed by atoms with van der Waals surface area (Å²) in [5.41, 5.74) is 0.800. The fraction of sp³-hybridized carbons (Fsp3) is 0.333. The number of fused-ring (bicyclic) bond motifs is 1. The summed E-state index contributed by atoms with van der Waals surface area (Å²) < 4.78 is 23.4. The van der Waals surface area contributed by atoms with Crippen molar-refractivity contribution in [2.45, 2.75) is 13.5 Å². The van der Waals surface area contributed by atoms with Gasteiger partial charge in [0.25, 0.3) is 5.56 Å². The first kappa shape index (κ1) is 12.8. The summed E-state index contributed by atoms with van der Waals surface area (Å²) in [6, 6.07) is 5.47. The standard InChI is InChI=1S/C12H14N2O3S/c1-9-3-4-11-10(7-9)8-13-14(12(11)15)5-6-18(2,16)17/h3-4,7-8H,5-6H2,1-2H3. The highest BCUT2D eigenvalue weighted by molar-refractivity contribution is 7.90. The molecule has 0 fully saturated rings. The van der Waals surface area contributed by atoms with E-state index in [-0.39, 0.29) is 17.9 Å². The molecule has 1 heterocycles. The smallest absolute Gasteiger partial charge is 0.267 e. The molecule has 0 radical (unpaired) electrons. The molecule has 0 amide bonds. The van der Waals surface area contributed by atoms with Gasteiger partial charge in [0.05, 0.1) is 23.9 Å². The lowest BCUT2D eigenvalue weighted by molar-refractivity contribution is 0.578. The molecule has 18 heavy (non-hydrogen) atoms. The van der Waals surface area contributed by atoms with Gasteiger partial charge in [0.15, 0.2) is 0 Å². The second kappa shape index (κ2) is 4.53. The fourth-order valence-electron chi connectivity index (χ4n) is 1.72. The van der Waals surface area contributed by atoms with Gasteiger partial charge in [-0.05, 0) is 19.1 Å². The van der Waals surface area contributed by atoms with Crippen LogP contribution >= 0.6 is 0 Å². The molecule has 0 aliphatic heterocycles. The van der Waals surface area contributed by atoms with Crippen molar-refractivity contribution in [3.05, 3.63) is 40.3 Å².